The summed E-state index contributed by atoms with van der Waals surface area (Å²) >= 11 is 3.40. The second-order valence-corrected chi connectivity index (χ2v) is 4.97. The Labute approximate surface area is 123 Å². The molecule has 0 aliphatic carbocycles. The predicted molar refractivity (Wildman–Crippen MR) is 78.9 cm³/mol. The van der Waals surface area contributed by atoms with Crippen LogP contribution in [0.3, 0.4) is 0 Å². The summed E-state index contributed by atoms with van der Waals surface area (Å²) in [4.78, 5) is 10.7. The minimum Gasteiger partial charge on any atom is -0.298 e. The Morgan fingerprint density at radius 3 is 2.60 bits per heavy atom. The lowest BCUT2D eigenvalue weighted by Crippen LogP contribution is -1.96. The maximum atomic E-state index is 10.7. The molecule has 1 heterocycles. The molecule has 1 aromatic heterocycles. The lowest BCUT2D eigenvalue weighted by molar-refractivity contribution is 0.112. The Hall–Kier alpha value is -2.45. The topological polar surface area (TPSA) is 58.7 Å². The average Bonchev–Trinajstić information content (AvgIpc) is 2.85. The summed E-state index contributed by atoms with van der Waals surface area (Å²) in [6.07, 6.45) is 0.800. The van der Waals surface area contributed by atoms with Gasteiger partial charge in [0.1, 0.15) is 10.9 Å². The zero-order valence-corrected chi connectivity index (χ0v) is 11.8. The van der Waals surface area contributed by atoms with Gasteiger partial charge in [0.15, 0.2) is 0 Å². The van der Waals surface area contributed by atoms with E-state index in [1.54, 1.807) is 22.9 Å². The maximum Gasteiger partial charge on any atom is 0.150 e. The SMILES string of the molecule is N#Cc1cccc2c1c(Br)nn2-c1ccc(C=O)cc1. The van der Waals surface area contributed by atoms with Crippen LogP contribution in [0.5, 0.6) is 0 Å². The molecule has 2 aromatic carbocycles. The van der Waals surface area contributed by atoms with E-state index >= 15 is 0 Å². The van der Waals surface area contributed by atoms with Gasteiger partial charge in [-0.15, -0.1) is 0 Å². The molecule has 0 atom stereocenters. The first kappa shape index (κ1) is 12.6. The monoisotopic (exact) mass is 325 g/mol. The number of rotatable bonds is 2. The summed E-state index contributed by atoms with van der Waals surface area (Å²) in [7, 11) is 0. The van der Waals surface area contributed by atoms with E-state index in [1.807, 2.05) is 24.3 Å². The number of halogens is 1. The van der Waals surface area contributed by atoms with E-state index in [0.717, 1.165) is 22.9 Å². The number of nitrogens with zero attached hydrogens (tertiary/aromatic N) is 3. The van der Waals surface area contributed by atoms with Gasteiger partial charge in [0, 0.05) is 5.56 Å². The molecule has 3 rings (SSSR count). The summed E-state index contributed by atoms with van der Waals surface area (Å²) in [6.45, 7) is 0. The van der Waals surface area contributed by atoms with Crippen molar-refractivity contribution < 1.29 is 4.79 Å². The molecule has 0 unspecified atom stereocenters. The van der Waals surface area contributed by atoms with E-state index < -0.39 is 0 Å². The third kappa shape index (κ3) is 1.91. The third-order valence-corrected chi connectivity index (χ3v) is 3.61. The largest absolute Gasteiger partial charge is 0.298 e. The van der Waals surface area contributed by atoms with Gasteiger partial charge in [-0.3, -0.25) is 4.79 Å². The molecular formula is C15H8BrN3O. The molecule has 0 aliphatic rings. The third-order valence-electron chi connectivity index (χ3n) is 3.06. The number of nitriles is 1. The van der Waals surface area contributed by atoms with Crippen LogP contribution in [0.15, 0.2) is 47.1 Å². The van der Waals surface area contributed by atoms with Crippen LogP contribution in [0.25, 0.3) is 16.6 Å². The number of aldehydes is 1. The van der Waals surface area contributed by atoms with E-state index in [4.69, 9.17) is 5.26 Å². The fourth-order valence-electron chi connectivity index (χ4n) is 2.11. The lowest BCUT2D eigenvalue weighted by Gasteiger charge is -2.03. The number of carbonyl (C=O) groups is 1. The van der Waals surface area contributed by atoms with Crippen molar-refractivity contribution in [3.63, 3.8) is 0 Å². The van der Waals surface area contributed by atoms with Crippen LogP contribution >= 0.6 is 15.9 Å². The molecule has 0 fully saturated rings. The van der Waals surface area contributed by atoms with E-state index in [-0.39, 0.29) is 0 Å². The normalized spacial score (nSPS) is 10.4. The van der Waals surface area contributed by atoms with Gasteiger partial charge in [-0.05, 0) is 52.3 Å². The predicted octanol–water partition coefficient (Wildman–Crippen LogP) is 3.47. The highest BCUT2D eigenvalue weighted by Gasteiger charge is 2.13. The highest BCUT2D eigenvalue weighted by atomic mass is 79.9. The molecule has 20 heavy (non-hydrogen) atoms. The number of carbonyl (C=O) groups excluding carboxylic acids is 1. The molecule has 0 saturated carbocycles. The second-order valence-electron chi connectivity index (χ2n) is 4.22. The highest BCUT2D eigenvalue weighted by Crippen LogP contribution is 2.28. The number of hydrogen-bond acceptors (Lipinski definition) is 3. The molecule has 0 radical (unpaired) electrons. The molecule has 0 N–H and O–H groups in total. The number of aromatic nitrogens is 2. The molecule has 0 aliphatic heterocycles. The summed E-state index contributed by atoms with van der Waals surface area (Å²) in [5.41, 5.74) is 2.86. The van der Waals surface area contributed by atoms with Crippen LogP contribution < -0.4 is 0 Å². The second kappa shape index (κ2) is 4.91. The molecule has 0 amide bonds. The van der Waals surface area contributed by atoms with Crippen LogP contribution in [0.1, 0.15) is 15.9 Å². The fraction of sp³-hybridized carbons (Fsp3) is 0. The summed E-state index contributed by atoms with van der Waals surface area (Å²) in [6, 6.07) is 14.8. The van der Waals surface area contributed by atoms with Crippen molar-refractivity contribution >= 4 is 33.1 Å². The molecule has 4 nitrogen and oxygen atoms in total. The highest BCUT2D eigenvalue weighted by molar-refractivity contribution is 9.10. The van der Waals surface area contributed by atoms with Gasteiger partial charge in [-0.2, -0.15) is 10.4 Å². The summed E-state index contributed by atoms with van der Waals surface area (Å²) in [5.74, 6) is 0. The van der Waals surface area contributed by atoms with Crippen molar-refractivity contribution in [3.05, 3.63) is 58.2 Å². The maximum absolute atomic E-state index is 10.7. The lowest BCUT2D eigenvalue weighted by atomic mass is 10.1. The molecule has 5 heteroatoms. The first-order chi connectivity index (χ1) is 9.74. The van der Waals surface area contributed by atoms with Crippen LogP contribution in [0.2, 0.25) is 0 Å². The molecular weight excluding hydrogens is 318 g/mol. The fourth-order valence-corrected chi connectivity index (χ4v) is 2.68. The van der Waals surface area contributed by atoms with Crippen LogP contribution in [0.4, 0.5) is 0 Å². The Kier molecular flexibility index (Phi) is 3.09. The minimum atomic E-state index is 0.574. The van der Waals surface area contributed by atoms with Crippen molar-refractivity contribution in [1.29, 1.82) is 5.26 Å². The Bertz CT molecular complexity index is 844. The Balaban J connectivity index is 2.27. The van der Waals surface area contributed by atoms with E-state index in [1.165, 1.54) is 0 Å². The van der Waals surface area contributed by atoms with Crippen LogP contribution in [-0.2, 0) is 0 Å². The average molecular weight is 326 g/mol. The zero-order valence-electron chi connectivity index (χ0n) is 10.2. The van der Waals surface area contributed by atoms with Crippen LogP contribution in [0, 0.1) is 11.3 Å². The number of benzene rings is 2. The van der Waals surface area contributed by atoms with Crippen LogP contribution in [-0.4, -0.2) is 16.1 Å². The minimum absolute atomic E-state index is 0.574. The molecule has 0 spiro atoms. The van der Waals surface area contributed by atoms with Gasteiger partial charge < -0.3 is 0 Å². The standard InChI is InChI=1S/C15H8BrN3O/c16-15-14-11(8-17)2-1-3-13(14)19(18-15)12-6-4-10(9-20)5-7-12/h1-7,9H. The number of hydrogen-bond donors (Lipinski definition) is 0. The molecule has 0 bridgehead atoms. The summed E-state index contributed by atoms with van der Waals surface area (Å²) in [5, 5.41) is 14.4. The first-order valence-electron chi connectivity index (χ1n) is 5.87. The van der Waals surface area contributed by atoms with Crippen molar-refractivity contribution in [2.24, 2.45) is 0 Å². The first-order valence-corrected chi connectivity index (χ1v) is 6.67. The van der Waals surface area contributed by atoms with Crippen molar-refractivity contribution in [1.82, 2.24) is 9.78 Å². The quantitative estimate of drug-likeness (QED) is 0.678. The zero-order chi connectivity index (χ0) is 14.1. The molecule has 0 saturated heterocycles. The van der Waals surface area contributed by atoms with Crippen molar-refractivity contribution in [2.45, 2.75) is 0 Å². The van der Waals surface area contributed by atoms with Crippen molar-refractivity contribution in [3.8, 4) is 11.8 Å². The van der Waals surface area contributed by atoms with Gasteiger partial charge >= 0.3 is 0 Å². The Morgan fingerprint density at radius 2 is 1.95 bits per heavy atom. The molecule has 96 valence electrons. The van der Waals surface area contributed by atoms with E-state index in [0.29, 0.717) is 15.7 Å². The summed E-state index contributed by atoms with van der Waals surface area (Å²) < 4.78 is 2.37. The van der Waals surface area contributed by atoms with Gasteiger partial charge in [0.2, 0.25) is 0 Å². The van der Waals surface area contributed by atoms with Gasteiger partial charge in [-0.25, -0.2) is 4.68 Å². The van der Waals surface area contributed by atoms with Gasteiger partial charge in [0.05, 0.1) is 28.2 Å². The van der Waals surface area contributed by atoms with Gasteiger partial charge in [0.25, 0.3) is 0 Å². The Morgan fingerprint density at radius 1 is 1.20 bits per heavy atom. The van der Waals surface area contributed by atoms with E-state index in [9.17, 15) is 4.79 Å². The van der Waals surface area contributed by atoms with Gasteiger partial charge in [-0.1, -0.05) is 6.07 Å². The number of fused-ring (bicyclic) bond motifs is 1. The van der Waals surface area contributed by atoms with Crippen molar-refractivity contribution in [2.75, 3.05) is 0 Å². The molecule has 3 aromatic rings. The smallest absolute Gasteiger partial charge is 0.150 e. The van der Waals surface area contributed by atoms with E-state index in [2.05, 4.69) is 27.1 Å².